The summed E-state index contributed by atoms with van der Waals surface area (Å²) < 4.78 is 0. The summed E-state index contributed by atoms with van der Waals surface area (Å²) in [6, 6.07) is 4.29. The number of nitrogens with one attached hydrogen (secondary N) is 1. The fourth-order valence-electron chi connectivity index (χ4n) is 3.49. The third-order valence-electron chi connectivity index (χ3n) is 4.59. The zero-order valence-corrected chi connectivity index (χ0v) is 13.2. The van der Waals surface area contributed by atoms with Gasteiger partial charge in [-0.15, -0.1) is 0 Å². The van der Waals surface area contributed by atoms with Crippen molar-refractivity contribution in [1.82, 2.24) is 5.32 Å². The Hall–Kier alpha value is -1.04. The molecule has 5 nitrogen and oxygen atoms in total. The van der Waals surface area contributed by atoms with Gasteiger partial charge in [-0.3, -0.25) is 10.1 Å². The number of anilines is 1. The van der Waals surface area contributed by atoms with Crippen molar-refractivity contribution >= 4 is 34.6 Å². The number of nitro groups is 1. The first-order valence-electron chi connectivity index (χ1n) is 7.08. The Morgan fingerprint density at radius 2 is 1.81 bits per heavy atom. The standard InChI is InChI=1S/C14H17Cl2N3O2/c1-18(10-4-8-2-3-9(5-10)17-8)13-6-11(15)12(16)7-14(13)19(20)21/h6-10,17H,2-5H2,1H3. The lowest BCUT2D eigenvalue weighted by atomic mass is 9.98. The summed E-state index contributed by atoms with van der Waals surface area (Å²) in [7, 11) is 1.90. The van der Waals surface area contributed by atoms with Crippen LogP contribution in [-0.2, 0) is 0 Å². The van der Waals surface area contributed by atoms with Crippen LogP contribution in [0.1, 0.15) is 25.7 Å². The van der Waals surface area contributed by atoms with E-state index in [1.807, 2.05) is 11.9 Å². The molecule has 114 valence electrons. The molecule has 0 radical (unpaired) electrons. The number of rotatable bonds is 3. The fourth-order valence-corrected chi connectivity index (χ4v) is 3.81. The molecule has 0 aromatic heterocycles. The van der Waals surface area contributed by atoms with E-state index < -0.39 is 4.92 Å². The zero-order valence-electron chi connectivity index (χ0n) is 11.7. The number of halogens is 2. The molecule has 2 unspecified atom stereocenters. The highest BCUT2D eigenvalue weighted by atomic mass is 35.5. The Morgan fingerprint density at radius 1 is 1.24 bits per heavy atom. The highest BCUT2D eigenvalue weighted by Crippen LogP contribution is 2.39. The predicted molar refractivity (Wildman–Crippen MR) is 84.5 cm³/mol. The van der Waals surface area contributed by atoms with Crippen molar-refractivity contribution < 1.29 is 4.92 Å². The van der Waals surface area contributed by atoms with Crippen molar-refractivity contribution in [3.8, 4) is 0 Å². The monoisotopic (exact) mass is 329 g/mol. The van der Waals surface area contributed by atoms with Gasteiger partial charge in [-0.1, -0.05) is 23.2 Å². The van der Waals surface area contributed by atoms with Gasteiger partial charge in [-0.05, 0) is 31.7 Å². The quantitative estimate of drug-likeness (QED) is 0.679. The molecule has 2 aliphatic heterocycles. The van der Waals surface area contributed by atoms with E-state index in [0.29, 0.717) is 28.8 Å². The molecule has 2 saturated heterocycles. The Kier molecular flexibility index (Phi) is 3.99. The molecule has 2 heterocycles. The van der Waals surface area contributed by atoms with Crippen LogP contribution in [0.3, 0.4) is 0 Å². The molecule has 0 aliphatic carbocycles. The molecular formula is C14H17Cl2N3O2. The Morgan fingerprint density at radius 3 is 2.38 bits per heavy atom. The van der Waals surface area contributed by atoms with Gasteiger partial charge in [-0.2, -0.15) is 0 Å². The van der Waals surface area contributed by atoms with Crippen molar-refractivity contribution in [1.29, 1.82) is 0 Å². The predicted octanol–water partition coefficient (Wildman–Crippen LogP) is 3.62. The average Bonchev–Trinajstić information content (AvgIpc) is 2.79. The van der Waals surface area contributed by atoms with Crippen LogP contribution in [0, 0.1) is 10.1 Å². The van der Waals surface area contributed by atoms with Crippen LogP contribution in [0.25, 0.3) is 0 Å². The minimum Gasteiger partial charge on any atom is -0.366 e. The van der Waals surface area contributed by atoms with Gasteiger partial charge in [0, 0.05) is 31.2 Å². The summed E-state index contributed by atoms with van der Waals surface area (Å²) in [6.45, 7) is 0. The lowest BCUT2D eigenvalue weighted by Crippen LogP contribution is -2.47. The smallest absolute Gasteiger partial charge is 0.294 e. The molecular weight excluding hydrogens is 313 g/mol. The second-order valence-electron chi connectivity index (χ2n) is 5.89. The molecule has 2 aliphatic rings. The van der Waals surface area contributed by atoms with E-state index in [9.17, 15) is 10.1 Å². The summed E-state index contributed by atoms with van der Waals surface area (Å²) >= 11 is 12.0. The first-order chi connectivity index (χ1) is 9.95. The molecule has 2 bridgehead atoms. The van der Waals surface area contributed by atoms with Crippen LogP contribution in [0.5, 0.6) is 0 Å². The third-order valence-corrected chi connectivity index (χ3v) is 5.31. The number of fused-ring (bicyclic) bond motifs is 2. The summed E-state index contributed by atoms with van der Waals surface area (Å²) in [4.78, 5) is 12.9. The van der Waals surface area contributed by atoms with Crippen molar-refractivity contribution in [3.05, 3.63) is 32.3 Å². The van der Waals surface area contributed by atoms with E-state index >= 15 is 0 Å². The summed E-state index contributed by atoms with van der Waals surface area (Å²) in [6.07, 6.45) is 4.39. The largest absolute Gasteiger partial charge is 0.366 e. The van der Waals surface area contributed by atoms with Gasteiger partial charge in [0.2, 0.25) is 0 Å². The molecule has 0 amide bonds. The Balaban J connectivity index is 1.92. The van der Waals surface area contributed by atoms with E-state index in [0.717, 1.165) is 12.8 Å². The van der Waals surface area contributed by atoms with Crippen molar-refractivity contribution in [3.63, 3.8) is 0 Å². The summed E-state index contributed by atoms with van der Waals surface area (Å²) in [5, 5.41) is 15.4. The molecule has 21 heavy (non-hydrogen) atoms. The van der Waals surface area contributed by atoms with Crippen LogP contribution in [0.15, 0.2) is 12.1 Å². The van der Waals surface area contributed by atoms with Gasteiger partial charge < -0.3 is 10.2 Å². The third kappa shape index (κ3) is 2.82. The molecule has 1 N–H and O–H groups in total. The number of hydrogen-bond donors (Lipinski definition) is 1. The van der Waals surface area contributed by atoms with Crippen LogP contribution in [0.4, 0.5) is 11.4 Å². The normalized spacial score (nSPS) is 27.7. The number of hydrogen-bond acceptors (Lipinski definition) is 4. The fraction of sp³-hybridized carbons (Fsp3) is 0.571. The molecule has 3 rings (SSSR count). The number of nitrogens with zero attached hydrogens (tertiary/aromatic N) is 2. The number of benzene rings is 1. The van der Waals surface area contributed by atoms with Crippen molar-refractivity contribution in [2.75, 3.05) is 11.9 Å². The van der Waals surface area contributed by atoms with Crippen molar-refractivity contribution in [2.24, 2.45) is 0 Å². The van der Waals surface area contributed by atoms with Gasteiger partial charge in [0.25, 0.3) is 5.69 Å². The zero-order chi connectivity index (χ0) is 15.1. The van der Waals surface area contributed by atoms with E-state index in [-0.39, 0.29) is 10.7 Å². The van der Waals surface area contributed by atoms with Gasteiger partial charge in [0.15, 0.2) is 0 Å². The van der Waals surface area contributed by atoms with Gasteiger partial charge in [0.05, 0.1) is 15.0 Å². The molecule has 0 saturated carbocycles. The van der Waals surface area contributed by atoms with E-state index in [2.05, 4.69) is 5.32 Å². The molecule has 2 fully saturated rings. The molecule has 2 atom stereocenters. The lowest BCUT2D eigenvalue weighted by Gasteiger charge is -2.36. The first kappa shape index (κ1) is 14.9. The maximum atomic E-state index is 11.3. The molecule has 0 spiro atoms. The molecule has 1 aromatic rings. The van der Waals surface area contributed by atoms with Crippen LogP contribution < -0.4 is 10.2 Å². The maximum absolute atomic E-state index is 11.3. The first-order valence-corrected chi connectivity index (χ1v) is 7.83. The van der Waals surface area contributed by atoms with E-state index in [1.54, 1.807) is 6.07 Å². The Labute approximate surface area is 133 Å². The topological polar surface area (TPSA) is 58.4 Å². The van der Waals surface area contributed by atoms with Gasteiger partial charge in [0.1, 0.15) is 5.69 Å². The molecule has 7 heteroatoms. The lowest BCUT2D eigenvalue weighted by molar-refractivity contribution is -0.384. The minimum atomic E-state index is -0.399. The van der Waals surface area contributed by atoms with Gasteiger partial charge >= 0.3 is 0 Å². The van der Waals surface area contributed by atoms with E-state index in [4.69, 9.17) is 23.2 Å². The summed E-state index contributed by atoms with van der Waals surface area (Å²) in [5.41, 5.74) is 0.554. The second kappa shape index (κ2) is 5.63. The number of nitro benzene ring substituents is 1. The van der Waals surface area contributed by atoms with Gasteiger partial charge in [-0.25, -0.2) is 0 Å². The highest BCUT2D eigenvalue weighted by molar-refractivity contribution is 6.42. The average molecular weight is 330 g/mol. The van der Waals surface area contributed by atoms with Crippen LogP contribution in [0.2, 0.25) is 10.0 Å². The van der Waals surface area contributed by atoms with Crippen LogP contribution >= 0.6 is 23.2 Å². The maximum Gasteiger partial charge on any atom is 0.294 e. The number of piperidine rings is 1. The molecule has 1 aromatic carbocycles. The minimum absolute atomic E-state index is 0.0118. The second-order valence-corrected chi connectivity index (χ2v) is 6.70. The SMILES string of the molecule is CN(c1cc(Cl)c(Cl)cc1[N+](=O)[O-])C1CC2CCC(C1)N2. The van der Waals surface area contributed by atoms with Crippen molar-refractivity contribution in [2.45, 2.75) is 43.8 Å². The highest BCUT2D eigenvalue weighted by Gasteiger charge is 2.36. The van der Waals surface area contributed by atoms with Crippen LogP contribution in [-0.4, -0.2) is 30.1 Å². The van der Waals surface area contributed by atoms with E-state index in [1.165, 1.54) is 18.9 Å². The summed E-state index contributed by atoms with van der Waals surface area (Å²) in [5.74, 6) is 0. The Bertz CT molecular complexity index is 570.